The van der Waals surface area contributed by atoms with Crippen molar-refractivity contribution >= 4 is 34.0 Å². The molecular formula is C20H22N6O3S. The maximum atomic E-state index is 12.2. The normalized spacial score (nSPS) is 11.7. The Morgan fingerprint density at radius 1 is 1.00 bits per heavy atom. The highest BCUT2D eigenvalue weighted by atomic mass is 32.2. The average molecular weight is 427 g/mol. The van der Waals surface area contributed by atoms with E-state index in [0.29, 0.717) is 11.4 Å². The summed E-state index contributed by atoms with van der Waals surface area (Å²) >= 11 is 0. The fourth-order valence-electron chi connectivity index (χ4n) is 2.82. The van der Waals surface area contributed by atoms with E-state index in [-0.39, 0.29) is 11.5 Å². The SMILES string of the molecule is CCc1ccc(NC(=O)C[S@@](=O)CC(=O)Nc2ccc(-n3cnnn3)c(C)c2)cc1. The van der Waals surface area contributed by atoms with Crippen molar-refractivity contribution in [2.45, 2.75) is 20.3 Å². The molecule has 2 aromatic carbocycles. The number of carbonyl (C=O) groups is 2. The van der Waals surface area contributed by atoms with Gasteiger partial charge in [-0.3, -0.25) is 13.8 Å². The van der Waals surface area contributed by atoms with Gasteiger partial charge in [0.1, 0.15) is 17.8 Å². The number of aromatic nitrogens is 4. The largest absolute Gasteiger partial charge is 0.325 e. The molecule has 1 aromatic heterocycles. The Hall–Kier alpha value is -3.40. The van der Waals surface area contributed by atoms with E-state index in [2.05, 4.69) is 26.2 Å². The van der Waals surface area contributed by atoms with Gasteiger partial charge in [0.2, 0.25) is 11.8 Å². The Bertz CT molecular complexity index is 1050. The van der Waals surface area contributed by atoms with Gasteiger partial charge in [0.25, 0.3) is 0 Å². The molecule has 0 bridgehead atoms. The Balaban J connectivity index is 1.49. The van der Waals surface area contributed by atoms with Gasteiger partial charge in [0.15, 0.2) is 0 Å². The predicted octanol–water partition coefficient (Wildman–Crippen LogP) is 1.86. The number of tetrazole rings is 1. The molecule has 156 valence electrons. The molecular weight excluding hydrogens is 404 g/mol. The lowest BCUT2D eigenvalue weighted by molar-refractivity contribution is -0.114. The number of carbonyl (C=O) groups excluding carboxylic acids is 2. The van der Waals surface area contributed by atoms with Crippen LogP contribution in [0.2, 0.25) is 0 Å². The smallest absolute Gasteiger partial charge is 0.237 e. The first kappa shape index (κ1) is 21.3. The van der Waals surface area contributed by atoms with Crippen LogP contribution in [0.1, 0.15) is 18.1 Å². The highest BCUT2D eigenvalue weighted by Gasteiger charge is 2.14. The second-order valence-electron chi connectivity index (χ2n) is 6.63. The summed E-state index contributed by atoms with van der Waals surface area (Å²) in [4.78, 5) is 24.2. The monoisotopic (exact) mass is 426 g/mol. The Morgan fingerprint density at radius 2 is 1.63 bits per heavy atom. The van der Waals surface area contributed by atoms with Crippen molar-refractivity contribution in [2.24, 2.45) is 0 Å². The van der Waals surface area contributed by atoms with Crippen LogP contribution in [0.5, 0.6) is 0 Å². The number of benzene rings is 2. The predicted molar refractivity (Wildman–Crippen MR) is 115 cm³/mol. The minimum atomic E-state index is -1.62. The van der Waals surface area contributed by atoms with E-state index in [1.54, 1.807) is 30.3 Å². The lowest BCUT2D eigenvalue weighted by atomic mass is 10.1. The fourth-order valence-corrected chi connectivity index (χ4v) is 3.65. The standard InChI is InChI=1S/C20H22N6O3S/c1-3-15-4-6-16(7-5-15)22-19(27)11-30(29)12-20(28)23-17-8-9-18(14(2)10-17)26-13-21-24-25-26/h4-10,13H,3,11-12H2,1-2H3,(H,22,27)(H,23,28)/t30-/m1/s1. The zero-order valence-electron chi connectivity index (χ0n) is 16.7. The van der Waals surface area contributed by atoms with Gasteiger partial charge in [-0.1, -0.05) is 19.1 Å². The summed E-state index contributed by atoms with van der Waals surface area (Å²) in [6.07, 6.45) is 2.39. The third kappa shape index (κ3) is 5.80. The second kappa shape index (κ2) is 9.88. The van der Waals surface area contributed by atoms with Crippen molar-refractivity contribution in [3.05, 3.63) is 59.9 Å². The molecule has 3 rings (SSSR count). The molecule has 0 fully saturated rings. The number of nitrogens with one attached hydrogen (secondary N) is 2. The lowest BCUT2D eigenvalue weighted by Gasteiger charge is -2.09. The summed E-state index contributed by atoms with van der Waals surface area (Å²) in [5.41, 5.74) is 4.00. The van der Waals surface area contributed by atoms with Gasteiger partial charge in [-0.05, 0) is 65.2 Å². The minimum Gasteiger partial charge on any atom is -0.325 e. The van der Waals surface area contributed by atoms with Gasteiger partial charge in [-0.25, -0.2) is 4.68 Å². The van der Waals surface area contributed by atoms with Gasteiger partial charge in [0.05, 0.1) is 5.69 Å². The number of hydrogen-bond acceptors (Lipinski definition) is 6. The maximum absolute atomic E-state index is 12.2. The van der Waals surface area contributed by atoms with E-state index >= 15 is 0 Å². The highest BCUT2D eigenvalue weighted by Crippen LogP contribution is 2.18. The lowest BCUT2D eigenvalue weighted by Crippen LogP contribution is -2.26. The van der Waals surface area contributed by atoms with Crippen molar-refractivity contribution in [1.82, 2.24) is 20.2 Å². The summed E-state index contributed by atoms with van der Waals surface area (Å²) in [5, 5.41) is 16.4. The van der Waals surface area contributed by atoms with Crippen molar-refractivity contribution in [3.8, 4) is 5.69 Å². The average Bonchev–Trinajstić information content (AvgIpc) is 3.22. The van der Waals surface area contributed by atoms with Crippen LogP contribution >= 0.6 is 0 Å². The summed E-state index contributed by atoms with van der Waals surface area (Å²) in [6.45, 7) is 3.91. The third-order valence-corrected chi connectivity index (χ3v) is 5.47. The van der Waals surface area contributed by atoms with Crippen LogP contribution in [0.25, 0.3) is 5.69 Å². The minimum absolute atomic E-state index is 0.250. The van der Waals surface area contributed by atoms with E-state index in [0.717, 1.165) is 23.2 Å². The number of amides is 2. The molecule has 0 spiro atoms. The molecule has 30 heavy (non-hydrogen) atoms. The molecule has 9 nitrogen and oxygen atoms in total. The zero-order chi connectivity index (χ0) is 21.5. The van der Waals surface area contributed by atoms with E-state index < -0.39 is 22.6 Å². The first-order chi connectivity index (χ1) is 14.4. The molecule has 1 heterocycles. The van der Waals surface area contributed by atoms with Crippen molar-refractivity contribution in [3.63, 3.8) is 0 Å². The Kier molecular flexibility index (Phi) is 7.02. The van der Waals surface area contributed by atoms with Gasteiger partial charge in [0, 0.05) is 22.2 Å². The number of rotatable bonds is 8. The molecule has 0 radical (unpaired) electrons. The van der Waals surface area contributed by atoms with Gasteiger partial charge in [-0.15, -0.1) is 5.10 Å². The molecule has 0 aliphatic heterocycles. The van der Waals surface area contributed by atoms with Crippen LogP contribution in [0.3, 0.4) is 0 Å². The second-order valence-corrected chi connectivity index (χ2v) is 8.09. The number of hydrogen-bond donors (Lipinski definition) is 2. The number of nitrogens with zero attached hydrogens (tertiary/aromatic N) is 4. The Morgan fingerprint density at radius 3 is 2.20 bits per heavy atom. The van der Waals surface area contributed by atoms with Crippen molar-refractivity contribution in [2.75, 3.05) is 22.1 Å². The summed E-state index contributed by atoms with van der Waals surface area (Å²) in [6, 6.07) is 12.7. The molecule has 1 atom stereocenters. The molecule has 0 saturated carbocycles. The van der Waals surface area contributed by atoms with Crippen LogP contribution in [0.15, 0.2) is 48.8 Å². The van der Waals surface area contributed by atoms with Gasteiger partial charge < -0.3 is 10.6 Å². The van der Waals surface area contributed by atoms with Crippen molar-refractivity contribution < 1.29 is 13.8 Å². The van der Waals surface area contributed by atoms with E-state index in [9.17, 15) is 13.8 Å². The maximum Gasteiger partial charge on any atom is 0.237 e. The van der Waals surface area contributed by atoms with Crippen LogP contribution < -0.4 is 10.6 Å². The van der Waals surface area contributed by atoms with Gasteiger partial charge in [-0.2, -0.15) is 0 Å². The highest BCUT2D eigenvalue weighted by molar-refractivity contribution is 7.86. The van der Waals surface area contributed by atoms with Crippen molar-refractivity contribution in [1.29, 1.82) is 0 Å². The summed E-state index contributed by atoms with van der Waals surface area (Å²) in [7, 11) is -1.62. The molecule has 0 unspecified atom stereocenters. The van der Waals surface area contributed by atoms with Gasteiger partial charge >= 0.3 is 0 Å². The fraction of sp³-hybridized carbons (Fsp3) is 0.250. The summed E-state index contributed by atoms with van der Waals surface area (Å²) < 4.78 is 13.7. The zero-order valence-corrected chi connectivity index (χ0v) is 17.5. The Labute approximate surface area is 176 Å². The number of anilines is 2. The first-order valence-electron chi connectivity index (χ1n) is 9.32. The third-order valence-electron chi connectivity index (χ3n) is 4.31. The molecule has 0 aliphatic carbocycles. The summed E-state index contributed by atoms with van der Waals surface area (Å²) in [5.74, 6) is -1.34. The van der Waals surface area contributed by atoms with Crippen LogP contribution in [-0.4, -0.2) is 47.7 Å². The van der Waals surface area contributed by atoms with E-state index in [1.165, 1.54) is 11.0 Å². The topological polar surface area (TPSA) is 119 Å². The van der Waals surface area contributed by atoms with Crippen LogP contribution in [0.4, 0.5) is 11.4 Å². The first-order valence-corrected chi connectivity index (χ1v) is 10.8. The number of aryl methyl sites for hydroxylation is 2. The molecule has 3 aromatic rings. The molecule has 0 saturated heterocycles. The van der Waals surface area contributed by atoms with E-state index in [4.69, 9.17) is 0 Å². The molecule has 2 amide bonds. The van der Waals surface area contributed by atoms with E-state index in [1.807, 2.05) is 26.0 Å². The molecule has 2 N–H and O–H groups in total. The van der Waals surface area contributed by atoms with Crippen LogP contribution in [-0.2, 0) is 26.8 Å². The van der Waals surface area contributed by atoms with Crippen LogP contribution in [0, 0.1) is 6.92 Å². The molecule has 0 aliphatic rings. The quantitative estimate of drug-likeness (QED) is 0.567. The molecule has 10 heteroatoms.